The van der Waals surface area contributed by atoms with E-state index in [-0.39, 0.29) is 43.9 Å². The summed E-state index contributed by atoms with van der Waals surface area (Å²) in [7, 11) is 3.09. The minimum Gasteiger partial charge on any atom is -0.466 e. The molecule has 3 aliphatic rings. The molecule has 1 aromatic carbocycles. The number of carbonyl (C=O) groups is 8. The van der Waals surface area contributed by atoms with Crippen LogP contribution in [0.1, 0.15) is 84.2 Å². The molecule has 16 nitrogen and oxygen atoms in total. The summed E-state index contributed by atoms with van der Waals surface area (Å²) in [5.41, 5.74) is 0.530. The Morgan fingerprint density at radius 2 is 1.57 bits per heavy atom. The van der Waals surface area contributed by atoms with Gasteiger partial charge in [0.15, 0.2) is 0 Å². The second kappa shape index (κ2) is 20.2. The normalized spacial score (nSPS) is 21.7. The first-order chi connectivity index (χ1) is 26.7. The average Bonchev–Trinajstić information content (AvgIpc) is 3.75. The minimum atomic E-state index is -1.31. The van der Waals surface area contributed by atoms with Crippen LogP contribution in [0.4, 0.5) is 4.79 Å². The van der Waals surface area contributed by atoms with Crippen LogP contribution in [0, 0.1) is 29.6 Å². The van der Waals surface area contributed by atoms with E-state index in [9.17, 15) is 38.4 Å². The molecule has 2 saturated carbocycles. The first-order valence-corrected chi connectivity index (χ1v) is 19.8. The molecule has 3 unspecified atom stereocenters. The van der Waals surface area contributed by atoms with E-state index in [1.54, 1.807) is 58.3 Å². The Morgan fingerprint density at radius 1 is 0.893 bits per heavy atom. The van der Waals surface area contributed by atoms with Gasteiger partial charge in [0, 0.05) is 26.6 Å². The number of hydrogen-bond donors (Lipinski definition) is 4. The van der Waals surface area contributed by atoms with E-state index in [0.29, 0.717) is 24.8 Å². The molecular weight excluding hydrogens is 724 g/mol. The number of likely N-dealkylation sites (tertiary alicyclic amines) is 1. The van der Waals surface area contributed by atoms with Crippen molar-refractivity contribution in [2.75, 3.05) is 40.4 Å². The number of piperidine rings is 1. The Morgan fingerprint density at radius 3 is 2.18 bits per heavy atom. The number of fused-ring (bicyclic) bond motifs is 1. The Bertz CT molecular complexity index is 1600. The van der Waals surface area contributed by atoms with Crippen molar-refractivity contribution < 1.29 is 47.8 Å². The van der Waals surface area contributed by atoms with E-state index in [1.165, 1.54) is 9.80 Å². The Balaban J connectivity index is 1.49. The fourth-order valence-electron chi connectivity index (χ4n) is 7.79. The zero-order valence-electron chi connectivity index (χ0n) is 33.3. The topological polar surface area (TPSA) is 210 Å². The number of Topliss-reactive ketones (excluding diaryl/α,β-unsaturated/α-hetero) is 1. The molecule has 2 aliphatic carbocycles. The van der Waals surface area contributed by atoms with Gasteiger partial charge in [0.2, 0.25) is 29.4 Å². The predicted octanol–water partition coefficient (Wildman–Crippen LogP) is 1.87. The largest absolute Gasteiger partial charge is 0.466 e. The fourth-order valence-corrected chi connectivity index (χ4v) is 7.79. The first kappa shape index (κ1) is 43.7. The van der Waals surface area contributed by atoms with Crippen LogP contribution in [0.2, 0.25) is 0 Å². The molecule has 3 fully saturated rings. The molecule has 4 rings (SSSR count). The van der Waals surface area contributed by atoms with Gasteiger partial charge >= 0.3 is 12.1 Å². The number of likely N-dealkylation sites (N-methyl/N-ethyl adjacent to an activating group) is 1. The maximum absolute atomic E-state index is 14.4. The lowest BCUT2D eigenvalue weighted by Crippen LogP contribution is -2.59. The van der Waals surface area contributed by atoms with Crippen molar-refractivity contribution in [1.29, 1.82) is 0 Å². The highest BCUT2D eigenvalue weighted by atomic mass is 16.5. The third kappa shape index (κ3) is 11.1. The van der Waals surface area contributed by atoms with Crippen LogP contribution in [0.3, 0.4) is 0 Å². The van der Waals surface area contributed by atoms with Gasteiger partial charge in [-0.15, -0.1) is 0 Å². The monoisotopic (exact) mass is 782 g/mol. The van der Waals surface area contributed by atoms with Gasteiger partial charge in [-0.05, 0) is 49.5 Å². The lowest BCUT2D eigenvalue weighted by atomic mass is 9.83. The molecule has 0 aromatic heterocycles. The molecule has 1 aliphatic heterocycles. The van der Waals surface area contributed by atoms with Gasteiger partial charge in [-0.2, -0.15) is 0 Å². The number of alkyl carbamates (subject to hydrolysis) is 1. The number of benzene rings is 1. The number of nitrogens with zero attached hydrogens (tertiary/aromatic N) is 2. The predicted molar refractivity (Wildman–Crippen MR) is 203 cm³/mol. The lowest BCUT2D eigenvalue weighted by Gasteiger charge is -2.36. The highest BCUT2D eigenvalue weighted by Crippen LogP contribution is 2.56. The van der Waals surface area contributed by atoms with Crippen molar-refractivity contribution in [3.8, 4) is 0 Å². The molecule has 7 atom stereocenters. The van der Waals surface area contributed by atoms with E-state index in [4.69, 9.17) is 9.47 Å². The number of rotatable bonds is 18. The maximum atomic E-state index is 14.4. The van der Waals surface area contributed by atoms with Crippen molar-refractivity contribution in [2.24, 2.45) is 29.6 Å². The molecule has 308 valence electrons. The maximum Gasteiger partial charge on any atom is 0.407 e. The van der Waals surface area contributed by atoms with Crippen LogP contribution in [0.5, 0.6) is 0 Å². The summed E-state index contributed by atoms with van der Waals surface area (Å²) >= 11 is 0. The molecule has 1 aromatic rings. The molecule has 1 heterocycles. The summed E-state index contributed by atoms with van der Waals surface area (Å²) < 4.78 is 10.6. The van der Waals surface area contributed by atoms with Crippen molar-refractivity contribution >= 4 is 47.4 Å². The molecule has 1 saturated heterocycles. The summed E-state index contributed by atoms with van der Waals surface area (Å²) in [5.74, 6) is -6.61. The number of nitrogens with one attached hydrogen (secondary N) is 4. The van der Waals surface area contributed by atoms with E-state index >= 15 is 0 Å². The van der Waals surface area contributed by atoms with Crippen molar-refractivity contribution in [3.05, 3.63) is 35.9 Å². The van der Waals surface area contributed by atoms with Gasteiger partial charge in [-0.3, -0.25) is 33.6 Å². The molecule has 4 N–H and O–H groups in total. The van der Waals surface area contributed by atoms with Gasteiger partial charge in [0.25, 0.3) is 5.91 Å². The number of ketones is 1. The van der Waals surface area contributed by atoms with Crippen LogP contribution in [-0.4, -0.2) is 116 Å². The Kier molecular flexibility index (Phi) is 15.8. The van der Waals surface area contributed by atoms with Crippen LogP contribution >= 0.6 is 0 Å². The average molecular weight is 783 g/mol. The van der Waals surface area contributed by atoms with Gasteiger partial charge in [0.05, 0.1) is 31.7 Å². The molecule has 0 radical (unpaired) electrons. The molecule has 56 heavy (non-hydrogen) atoms. The van der Waals surface area contributed by atoms with Gasteiger partial charge in [0.1, 0.15) is 18.1 Å². The summed E-state index contributed by atoms with van der Waals surface area (Å²) in [4.78, 5) is 110. The lowest BCUT2D eigenvalue weighted by molar-refractivity contribution is -0.149. The van der Waals surface area contributed by atoms with Gasteiger partial charge in [-0.25, -0.2) is 4.79 Å². The Hall–Kier alpha value is -5.02. The fraction of sp³-hybridized carbons (Fsp3) is 0.650. The quantitative estimate of drug-likeness (QED) is 0.126. The van der Waals surface area contributed by atoms with E-state index in [0.717, 1.165) is 19.3 Å². The van der Waals surface area contributed by atoms with Gasteiger partial charge in [-0.1, -0.05) is 76.8 Å². The molecular formula is C40H58N6O10. The van der Waals surface area contributed by atoms with E-state index in [2.05, 4.69) is 21.3 Å². The number of hydrogen-bond acceptors (Lipinski definition) is 10. The summed E-state index contributed by atoms with van der Waals surface area (Å²) in [5, 5.41) is 10.4. The van der Waals surface area contributed by atoms with Crippen molar-refractivity contribution in [1.82, 2.24) is 31.1 Å². The number of ether oxygens (including phenoxy) is 2. The van der Waals surface area contributed by atoms with Crippen LogP contribution in [0.25, 0.3) is 0 Å². The standard InChI is InChI=1S/C40H58N6O10/c1-7-15-27(34(48)36(50)41-20-28(47)43-31(37(51)45(5)6)24-16-11-9-12-17-24)42-35(49)33-29-26(30(29)39(53)55-8-2)21-46(33)38(52)32(25-18-13-10-14-19-25)44-40(54)56-22-23(3)4/h9,11-12,16-17,23,25-27,29-33H,7-8,10,13-15,18-22H2,1-6H3,(H,41,50)(H,42,49)(H,43,47)(H,44,54)/t26-,27?,29?,30-,31?,32-,33-/m0/s1. The molecule has 16 heteroatoms. The zero-order valence-corrected chi connectivity index (χ0v) is 33.3. The molecule has 0 spiro atoms. The number of amides is 6. The Labute approximate surface area is 328 Å². The highest BCUT2D eigenvalue weighted by Gasteiger charge is 2.68. The van der Waals surface area contributed by atoms with Crippen LogP contribution in [0.15, 0.2) is 30.3 Å². The summed E-state index contributed by atoms with van der Waals surface area (Å²) in [6.45, 7) is 6.98. The smallest absolute Gasteiger partial charge is 0.407 e. The van der Waals surface area contributed by atoms with E-state index < -0.39 is 89.9 Å². The second-order valence-corrected chi connectivity index (χ2v) is 15.5. The van der Waals surface area contributed by atoms with Crippen molar-refractivity contribution in [3.63, 3.8) is 0 Å². The van der Waals surface area contributed by atoms with E-state index in [1.807, 2.05) is 13.8 Å². The van der Waals surface area contributed by atoms with Gasteiger partial charge < -0.3 is 40.5 Å². The summed E-state index contributed by atoms with van der Waals surface area (Å²) in [6.07, 6.45) is 3.89. The van der Waals surface area contributed by atoms with Crippen LogP contribution < -0.4 is 21.3 Å². The van der Waals surface area contributed by atoms with Crippen LogP contribution in [-0.2, 0) is 43.0 Å². The third-order valence-electron chi connectivity index (χ3n) is 10.6. The number of carbonyl (C=O) groups excluding carboxylic acids is 8. The second-order valence-electron chi connectivity index (χ2n) is 15.5. The third-order valence-corrected chi connectivity index (χ3v) is 10.6. The zero-order chi connectivity index (χ0) is 41.1. The number of esters is 1. The molecule has 0 bridgehead atoms. The van der Waals surface area contributed by atoms with Crippen molar-refractivity contribution in [2.45, 2.75) is 96.8 Å². The molecule has 6 amide bonds. The highest BCUT2D eigenvalue weighted by molar-refractivity contribution is 6.38. The minimum absolute atomic E-state index is 0.0687. The SMILES string of the molecule is CCCC(NC(=O)[C@@H]1C2[C@@H](C(=O)OCC)[C@H]2CN1C(=O)[C@@H](NC(=O)OCC(C)C)C1CCCCC1)C(=O)C(=O)NCC(=O)NC(C(=O)N(C)C)c1ccccc1. The first-order valence-electron chi connectivity index (χ1n) is 19.8. The summed E-state index contributed by atoms with van der Waals surface area (Å²) in [6, 6.07) is 4.09.